The van der Waals surface area contributed by atoms with E-state index in [1.54, 1.807) is 0 Å². The molecule has 21 heavy (non-hydrogen) atoms. The third kappa shape index (κ3) is 3.69. The smallest absolute Gasteiger partial charge is 0.416 e. The fourth-order valence-corrected chi connectivity index (χ4v) is 1.84. The van der Waals surface area contributed by atoms with Gasteiger partial charge in [-0.1, -0.05) is 0 Å². The fourth-order valence-electron chi connectivity index (χ4n) is 1.50. The van der Waals surface area contributed by atoms with E-state index < -0.39 is 22.4 Å². The Morgan fingerprint density at radius 2 is 1.95 bits per heavy atom. The Bertz CT molecular complexity index is 692. The van der Waals surface area contributed by atoms with Gasteiger partial charge in [0.05, 0.1) is 16.7 Å². The van der Waals surface area contributed by atoms with Crippen LogP contribution in [-0.2, 0) is 6.18 Å². The molecule has 0 atom stereocenters. The van der Waals surface area contributed by atoms with E-state index in [1.807, 2.05) is 0 Å². The van der Waals surface area contributed by atoms with Crippen molar-refractivity contribution in [2.75, 3.05) is 0 Å². The van der Waals surface area contributed by atoms with Gasteiger partial charge in [0.15, 0.2) is 0 Å². The molecule has 0 aliphatic carbocycles. The number of nitro groups is 1. The zero-order valence-electron chi connectivity index (χ0n) is 10.1. The molecule has 110 valence electrons. The Hall–Kier alpha value is -2.16. The number of hydrogen-bond donors (Lipinski definition) is 0. The van der Waals surface area contributed by atoms with Gasteiger partial charge in [-0.25, -0.2) is 0 Å². The van der Waals surface area contributed by atoms with Crippen LogP contribution in [0.4, 0.5) is 18.9 Å². The molecule has 0 aliphatic heterocycles. The molecule has 1 aromatic carbocycles. The Balaban J connectivity index is 2.42. The summed E-state index contributed by atoms with van der Waals surface area (Å²) in [6.07, 6.45) is -1.92. The quantitative estimate of drug-likeness (QED) is 0.592. The second-order valence-corrected chi connectivity index (χ2v) is 4.79. The molecule has 9 heteroatoms. The van der Waals surface area contributed by atoms with Crippen molar-refractivity contribution in [1.82, 2.24) is 4.98 Å². The maximum absolute atomic E-state index is 12.6. The number of halogens is 4. The van der Waals surface area contributed by atoms with Crippen LogP contribution in [0.15, 0.2) is 41.1 Å². The van der Waals surface area contributed by atoms with Gasteiger partial charge in [0.2, 0.25) is 5.75 Å². The summed E-state index contributed by atoms with van der Waals surface area (Å²) in [6, 6.07) is 3.53. The summed E-state index contributed by atoms with van der Waals surface area (Å²) in [7, 11) is 0. The number of aromatic nitrogens is 1. The highest BCUT2D eigenvalue weighted by Gasteiger charge is 2.33. The number of hydrogen-bond acceptors (Lipinski definition) is 4. The Morgan fingerprint density at radius 1 is 1.24 bits per heavy atom. The highest BCUT2D eigenvalue weighted by Crippen LogP contribution is 2.37. The van der Waals surface area contributed by atoms with Crippen molar-refractivity contribution in [2.24, 2.45) is 0 Å². The van der Waals surface area contributed by atoms with Crippen molar-refractivity contribution in [1.29, 1.82) is 0 Å². The van der Waals surface area contributed by atoms with Crippen LogP contribution in [-0.4, -0.2) is 9.91 Å². The first-order valence-electron chi connectivity index (χ1n) is 5.41. The minimum Gasteiger partial charge on any atom is -0.448 e. The average Bonchev–Trinajstić information content (AvgIpc) is 2.37. The minimum atomic E-state index is -4.67. The topological polar surface area (TPSA) is 65.3 Å². The number of nitro benzene ring substituents is 1. The van der Waals surface area contributed by atoms with Crippen molar-refractivity contribution < 1.29 is 22.8 Å². The van der Waals surface area contributed by atoms with Gasteiger partial charge in [-0.2, -0.15) is 13.2 Å². The minimum absolute atomic E-state index is 0.159. The van der Waals surface area contributed by atoms with Gasteiger partial charge in [0.1, 0.15) is 5.75 Å². The lowest BCUT2D eigenvalue weighted by Gasteiger charge is -2.09. The predicted octanol–water partition coefficient (Wildman–Crippen LogP) is 4.56. The zero-order valence-corrected chi connectivity index (χ0v) is 11.7. The maximum atomic E-state index is 12.6. The lowest BCUT2D eigenvalue weighted by molar-refractivity contribution is -0.385. The molecule has 0 bridgehead atoms. The van der Waals surface area contributed by atoms with E-state index in [-0.39, 0.29) is 11.5 Å². The number of pyridine rings is 1. The molecule has 0 radical (unpaired) electrons. The molecule has 0 saturated carbocycles. The van der Waals surface area contributed by atoms with E-state index in [0.717, 1.165) is 6.07 Å². The van der Waals surface area contributed by atoms with E-state index in [0.29, 0.717) is 16.6 Å². The average molecular weight is 363 g/mol. The van der Waals surface area contributed by atoms with Crippen LogP contribution in [0.3, 0.4) is 0 Å². The summed E-state index contributed by atoms with van der Waals surface area (Å²) in [4.78, 5) is 13.7. The second kappa shape index (κ2) is 5.68. The largest absolute Gasteiger partial charge is 0.448 e. The fraction of sp³-hybridized carbons (Fsp3) is 0.0833. The molecule has 0 saturated heterocycles. The number of benzene rings is 1. The first-order chi connectivity index (χ1) is 9.77. The van der Waals surface area contributed by atoms with Crippen molar-refractivity contribution in [3.63, 3.8) is 0 Å². The molecule has 0 fully saturated rings. The van der Waals surface area contributed by atoms with Crippen molar-refractivity contribution in [2.45, 2.75) is 6.18 Å². The van der Waals surface area contributed by atoms with E-state index in [4.69, 9.17) is 4.74 Å². The van der Waals surface area contributed by atoms with Gasteiger partial charge in [-0.3, -0.25) is 15.1 Å². The molecular formula is C12H6BrF3N2O3. The van der Waals surface area contributed by atoms with E-state index in [9.17, 15) is 23.3 Å². The van der Waals surface area contributed by atoms with Crippen LogP contribution in [0.25, 0.3) is 0 Å². The molecule has 0 amide bonds. The molecular weight excluding hydrogens is 357 g/mol. The third-order valence-corrected chi connectivity index (χ3v) is 2.82. The van der Waals surface area contributed by atoms with Gasteiger partial charge in [0.25, 0.3) is 0 Å². The highest BCUT2D eigenvalue weighted by atomic mass is 79.9. The summed E-state index contributed by atoms with van der Waals surface area (Å²) in [6.45, 7) is 0. The number of rotatable bonds is 3. The first kappa shape index (κ1) is 15.2. The van der Waals surface area contributed by atoms with Crippen LogP contribution in [0.5, 0.6) is 11.5 Å². The lowest BCUT2D eigenvalue weighted by Crippen LogP contribution is -2.06. The van der Waals surface area contributed by atoms with Crippen LogP contribution in [0.1, 0.15) is 5.56 Å². The molecule has 0 N–H and O–H groups in total. The molecule has 2 rings (SSSR count). The van der Waals surface area contributed by atoms with Crippen molar-refractivity contribution >= 4 is 21.6 Å². The van der Waals surface area contributed by atoms with Crippen molar-refractivity contribution in [3.05, 3.63) is 56.8 Å². The Kier molecular flexibility index (Phi) is 4.12. The summed E-state index contributed by atoms with van der Waals surface area (Å²) in [5, 5.41) is 10.9. The summed E-state index contributed by atoms with van der Waals surface area (Å²) >= 11 is 3.14. The summed E-state index contributed by atoms with van der Waals surface area (Å²) < 4.78 is 43.5. The van der Waals surface area contributed by atoms with Gasteiger partial charge < -0.3 is 4.74 Å². The van der Waals surface area contributed by atoms with E-state index in [2.05, 4.69) is 20.9 Å². The van der Waals surface area contributed by atoms with Gasteiger partial charge in [-0.05, 0) is 34.1 Å². The van der Waals surface area contributed by atoms with Crippen LogP contribution >= 0.6 is 15.9 Å². The molecule has 0 spiro atoms. The van der Waals surface area contributed by atoms with E-state index >= 15 is 0 Å². The molecule has 5 nitrogen and oxygen atoms in total. The Morgan fingerprint density at radius 3 is 2.52 bits per heavy atom. The molecule has 2 aromatic rings. The second-order valence-electron chi connectivity index (χ2n) is 3.88. The molecule has 1 heterocycles. The predicted molar refractivity (Wildman–Crippen MR) is 70.1 cm³/mol. The number of ether oxygens (including phenoxy) is 1. The molecule has 0 unspecified atom stereocenters. The van der Waals surface area contributed by atoms with Gasteiger partial charge in [-0.15, -0.1) is 0 Å². The summed E-state index contributed by atoms with van der Waals surface area (Å²) in [5.41, 5.74) is -1.89. The maximum Gasteiger partial charge on any atom is 0.416 e. The van der Waals surface area contributed by atoms with Crippen molar-refractivity contribution in [3.8, 4) is 11.5 Å². The SMILES string of the molecule is O=[N+]([O-])c1cc(C(F)(F)F)ccc1Oc1cncc(Br)c1. The molecule has 1 aromatic heterocycles. The first-order valence-corrected chi connectivity index (χ1v) is 6.21. The van der Waals surface area contributed by atoms with Gasteiger partial charge >= 0.3 is 11.9 Å². The van der Waals surface area contributed by atoms with Crippen LogP contribution in [0.2, 0.25) is 0 Å². The third-order valence-electron chi connectivity index (χ3n) is 2.39. The standard InChI is InChI=1S/C12H6BrF3N2O3/c13-8-4-9(6-17-5-8)21-11-2-1-7(12(14,15)16)3-10(11)18(19)20/h1-6H. The highest BCUT2D eigenvalue weighted by molar-refractivity contribution is 9.10. The Labute approximate surface area is 124 Å². The zero-order chi connectivity index (χ0) is 15.6. The van der Waals surface area contributed by atoms with Gasteiger partial charge in [0, 0.05) is 16.7 Å². The monoisotopic (exact) mass is 362 g/mol. The number of alkyl halides is 3. The molecule has 0 aliphatic rings. The van der Waals surface area contributed by atoms with Crippen LogP contribution in [0, 0.1) is 10.1 Å². The van der Waals surface area contributed by atoms with Crippen LogP contribution < -0.4 is 4.74 Å². The normalized spacial score (nSPS) is 11.2. The lowest BCUT2D eigenvalue weighted by atomic mass is 10.2. The number of nitrogens with zero attached hydrogens (tertiary/aromatic N) is 2. The summed E-state index contributed by atoms with van der Waals surface area (Å²) in [5.74, 6) is -0.139. The van der Waals surface area contributed by atoms with E-state index in [1.165, 1.54) is 18.5 Å².